The third-order valence-electron chi connectivity index (χ3n) is 3.27. The van der Waals surface area contributed by atoms with Crippen molar-refractivity contribution < 1.29 is 17.6 Å². The second-order valence-electron chi connectivity index (χ2n) is 5.10. The first-order chi connectivity index (χ1) is 10.8. The van der Waals surface area contributed by atoms with Crippen LogP contribution in [0.2, 0.25) is 0 Å². The monoisotopic (exact) mass is 336 g/mol. The standard InChI is InChI=1S/C16H17FN2O3S/c1-19(23(2,21)22)15-9-4-3-8-14(15)18-16(20)11-12-6-5-7-13(17)10-12/h3-10H,11H2,1-2H3,(H,18,20). The summed E-state index contributed by atoms with van der Waals surface area (Å²) in [6.45, 7) is 0. The van der Waals surface area contributed by atoms with Crippen molar-refractivity contribution in [2.24, 2.45) is 0 Å². The van der Waals surface area contributed by atoms with Gasteiger partial charge in [0.2, 0.25) is 15.9 Å². The van der Waals surface area contributed by atoms with E-state index in [4.69, 9.17) is 0 Å². The lowest BCUT2D eigenvalue weighted by molar-refractivity contribution is -0.115. The zero-order valence-electron chi connectivity index (χ0n) is 12.8. The van der Waals surface area contributed by atoms with Gasteiger partial charge < -0.3 is 5.32 Å². The Morgan fingerprint density at radius 1 is 1.17 bits per heavy atom. The van der Waals surface area contributed by atoms with E-state index in [-0.39, 0.29) is 12.3 Å². The molecule has 23 heavy (non-hydrogen) atoms. The molecule has 0 heterocycles. The van der Waals surface area contributed by atoms with Crippen molar-refractivity contribution >= 4 is 27.3 Å². The fourth-order valence-electron chi connectivity index (χ4n) is 2.06. The largest absolute Gasteiger partial charge is 0.324 e. The highest BCUT2D eigenvalue weighted by molar-refractivity contribution is 7.92. The number of hydrogen-bond donors (Lipinski definition) is 1. The zero-order chi connectivity index (χ0) is 17.0. The third kappa shape index (κ3) is 4.53. The van der Waals surface area contributed by atoms with Crippen molar-refractivity contribution in [2.45, 2.75) is 6.42 Å². The van der Waals surface area contributed by atoms with Crippen LogP contribution >= 0.6 is 0 Å². The molecule has 0 aromatic heterocycles. The maximum Gasteiger partial charge on any atom is 0.232 e. The van der Waals surface area contributed by atoms with Crippen LogP contribution in [0.1, 0.15) is 5.56 Å². The fraction of sp³-hybridized carbons (Fsp3) is 0.188. The molecule has 0 saturated heterocycles. The minimum absolute atomic E-state index is 0.00527. The van der Waals surface area contributed by atoms with Crippen molar-refractivity contribution in [2.75, 3.05) is 22.9 Å². The molecule has 2 rings (SSSR count). The van der Waals surface area contributed by atoms with Crippen LogP contribution in [0, 0.1) is 5.82 Å². The van der Waals surface area contributed by atoms with E-state index in [9.17, 15) is 17.6 Å². The van der Waals surface area contributed by atoms with Crippen LogP contribution in [-0.2, 0) is 21.2 Å². The molecule has 2 aromatic rings. The molecule has 0 aliphatic rings. The summed E-state index contributed by atoms with van der Waals surface area (Å²) in [5.41, 5.74) is 1.28. The predicted molar refractivity (Wildman–Crippen MR) is 88.4 cm³/mol. The second-order valence-corrected chi connectivity index (χ2v) is 7.12. The molecule has 0 spiro atoms. The second kappa shape index (κ2) is 6.78. The lowest BCUT2D eigenvalue weighted by Crippen LogP contribution is -2.26. The van der Waals surface area contributed by atoms with Crippen LogP contribution in [-0.4, -0.2) is 27.6 Å². The maximum atomic E-state index is 13.1. The minimum Gasteiger partial charge on any atom is -0.324 e. The summed E-state index contributed by atoms with van der Waals surface area (Å²) in [5.74, 6) is -0.766. The number of hydrogen-bond acceptors (Lipinski definition) is 3. The van der Waals surface area contributed by atoms with Crippen LogP contribution in [0.3, 0.4) is 0 Å². The number of anilines is 2. The average molecular weight is 336 g/mol. The van der Waals surface area contributed by atoms with Crippen LogP contribution in [0.25, 0.3) is 0 Å². The lowest BCUT2D eigenvalue weighted by Gasteiger charge is -2.20. The normalized spacial score (nSPS) is 11.1. The number of carbonyl (C=O) groups is 1. The highest BCUT2D eigenvalue weighted by Gasteiger charge is 2.16. The first-order valence-electron chi connectivity index (χ1n) is 6.84. The first-order valence-corrected chi connectivity index (χ1v) is 8.69. The highest BCUT2D eigenvalue weighted by Crippen LogP contribution is 2.26. The Bertz CT molecular complexity index is 822. The van der Waals surface area contributed by atoms with Crippen molar-refractivity contribution in [3.05, 3.63) is 59.9 Å². The van der Waals surface area contributed by atoms with E-state index in [1.165, 1.54) is 25.2 Å². The number of benzene rings is 2. The molecular formula is C16H17FN2O3S. The maximum absolute atomic E-state index is 13.1. The summed E-state index contributed by atoms with van der Waals surface area (Å²) in [5, 5.41) is 2.66. The molecule has 0 bridgehead atoms. The molecule has 122 valence electrons. The summed E-state index contributed by atoms with van der Waals surface area (Å²) >= 11 is 0. The van der Waals surface area contributed by atoms with Gasteiger partial charge in [0.1, 0.15) is 5.82 Å². The van der Waals surface area contributed by atoms with Gasteiger partial charge in [0.05, 0.1) is 24.1 Å². The molecule has 7 heteroatoms. The quantitative estimate of drug-likeness (QED) is 0.912. The van der Waals surface area contributed by atoms with E-state index in [2.05, 4.69) is 5.32 Å². The van der Waals surface area contributed by atoms with Gasteiger partial charge in [-0.3, -0.25) is 9.10 Å². The molecule has 0 radical (unpaired) electrons. The van der Waals surface area contributed by atoms with Gasteiger partial charge in [-0.25, -0.2) is 12.8 Å². The molecule has 1 N–H and O–H groups in total. The third-order valence-corrected chi connectivity index (χ3v) is 4.46. The van der Waals surface area contributed by atoms with E-state index in [1.54, 1.807) is 30.3 Å². The SMILES string of the molecule is CN(c1ccccc1NC(=O)Cc1cccc(F)c1)S(C)(=O)=O. The summed E-state index contributed by atoms with van der Waals surface area (Å²) in [7, 11) is -2.04. The van der Waals surface area contributed by atoms with Gasteiger partial charge in [0, 0.05) is 7.05 Å². The van der Waals surface area contributed by atoms with Gasteiger partial charge in [-0.15, -0.1) is 0 Å². The lowest BCUT2D eigenvalue weighted by atomic mass is 10.1. The Balaban J connectivity index is 2.19. The molecule has 0 aliphatic carbocycles. The molecule has 5 nitrogen and oxygen atoms in total. The van der Waals surface area contributed by atoms with Crippen molar-refractivity contribution in [3.63, 3.8) is 0 Å². The first kappa shape index (κ1) is 17.0. The molecule has 0 fully saturated rings. The van der Waals surface area contributed by atoms with Crippen molar-refractivity contribution in [1.82, 2.24) is 0 Å². The number of para-hydroxylation sites is 2. The fourth-order valence-corrected chi connectivity index (χ4v) is 2.58. The van der Waals surface area contributed by atoms with Crippen LogP contribution in [0.5, 0.6) is 0 Å². The molecule has 1 amide bonds. The Morgan fingerprint density at radius 3 is 2.52 bits per heavy atom. The zero-order valence-corrected chi connectivity index (χ0v) is 13.6. The highest BCUT2D eigenvalue weighted by atomic mass is 32.2. The number of nitrogens with one attached hydrogen (secondary N) is 1. The number of nitrogens with zero attached hydrogens (tertiary/aromatic N) is 1. The number of rotatable bonds is 5. The van der Waals surface area contributed by atoms with Gasteiger partial charge in [0.25, 0.3) is 0 Å². The summed E-state index contributed by atoms with van der Waals surface area (Å²) in [6, 6.07) is 12.3. The molecule has 0 unspecified atom stereocenters. The Hall–Kier alpha value is -2.41. The number of halogens is 1. The number of sulfonamides is 1. The Morgan fingerprint density at radius 2 is 1.87 bits per heavy atom. The van der Waals surface area contributed by atoms with Gasteiger partial charge in [-0.1, -0.05) is 24.3 Å². The molecule has 0 aliphatic heterocycles. The van der Waals surface area contributed by atoms with Gasteiger partial charge in [-0.2, -0.15) is 0 Å². The smallest absolute Gasteiger partial charge is 0.232 e. The van der Waals surface area contributed by atoms with Crippen LogP contribution in [0.4, 0.5) is 15.8 Å². The van der Waals surface area contributed by atoms with Gasteiger partial charge in [0.15, 0.2) is 0 Å². The van der Waals surface area contributed by atoms with E-state index in [0.29, 0.717) is 16.9 Å². The van der Waals surface area contributed by atoms with Gasteiger partial charge >= 0.3 is 0 Å². The van der Waals surface area contributed by atoms with E-state index in [0.717, 1.165) is 10.6 Å². The van der Waals surface area contributed by atoms with E-state index < -0.39 is 15.8 Å². The Labute approximate surface area is 134 Å². The Kier molecular flexibility index (Phi) is 5.00. The van der Waals surface area contributed by atoms with E-state index >= 15 is 0 Å². The molecular weight excluding hydrogens is 319 g/mol. The average Bonchev–Trinajstić information content (AvgIpc) is 2.46. The summed E-state index contributed by atoms with van der Waals surface area (Å²) in [6.07, 6.45) is 1.08. The minimum atomic E-state index is -3.45. The van der Waals surface area contributed by atoms with Crippen LogP contribution < -0.4 is 9.62 Å². The van der Waals surface area contributed by atoms with Crippen LogP contribution in [0.15, 0.2) is 48.5 Å². The topological polar surface area (TPSA) is 66.5 Å². The number of carbonyl (C=O) groups excluding carboxylic acids is 1. The summed E-state index contributed by atoms with van der Waals surface area (Å²) < 4.78 is 37.6. The number of amides is 1. The van der Waals surface area contributed by atoms with Gasteiger partial charge in [-0.05, 0) is 29.8 Å². The molecule has 0 atom stereocenters. The molecule has 2 aromatic carbocycles. The van der Waals surface area contributed by atoms with Crippen molar-refractivity contribution in [1.29, 1.82) is 0 Å². The van der Waals surface area contributed by atoms with Crippen molar-refractivity contribution in [3.8, 4) is 0 Å². The molecule has 0 saturated carbocycles. The van der Waals surface area contributed by atoms with E-state index in [1.807, 2.05) is 0 Å². The summed E-state index contributed by atoms with van der Waals surface area (Å²) in [4.78, 5) is 12.1. The predicted octanol–water partition coefficient (Wildman–Crippen LogP) is 2.40.